The smallest absolute Gasteiger partial charge is 0.354 e. The Morgan fingerprint density at radius 1 is 1.44 bits per heavy atom. The highest BCUT2D eigenvalue weighted by atomic mass is 19.4. The maximum Gasteiger partial charge on any atom is 0.433 e. The van der Waals surface area contributed by atoms with Crippen LogP contribution in [0.5, 0.6) is 0 Å². The Bertz CT molecular complexity index is 388. The summed E-state index contributed by atoms with van der Waals surface area (Å²) in [4.78, 5) is 7.21. The molecule has 100 valence electrons. The number of rotatable bonds is 4. The summed E-state index contributed by atoms with van der Waals surface area (Å²) in [6, 6.07) is 1.31. The highest BCUT2D eigenvalue weighted by molar-refractivity contribution is 5.25. The molecule has 2 rings (SSSR count). The zero-order chi connectivity index (χ0) is 13.0. The molecular weight excluding hydrogens is 245 g/mol. The van der Waals surface area contributed by atoms with E-state index in [0.717, 1.165) is 38.1 Å². The Morgan fingerprint density at radius 2 is 2.28 bits per heavy atom. The topological polar surface area (TPSA) is 49.8 Å². The Hall–Kier alpha value is -1.37. The summed E-state index contributed by atoms with van der Waals surface area (Å²) in [5, 5.41) is 6.14. The Labute approximate surface area is 103 Å². The summed E-state index contributed by atoms with van der Waals surface area (Å²) in [5.74, 6) is 0.0304. The fraction of sp³-hybridized carbons (Fsp3) is 0.636. The van der Waals surface area contributed by atoms with E-state index in [1.165, 1.54) is 0 Å². The zero-order valence-electron chi connectivity index (χ0n) is 9.80. The van der Waals surface area contributed by atoms with E-state index in [2.05, 4.69) is 20.6 Å². The number of halogens is 3. The molecule has 0 aliphatic carbocycles. The van der Waals surface area contributed by atoms with Gasteiger partial charge in [0.05, 0.1) is 0 Å². The molecule has 1 saturated heterocycles. The van der Waals surface area contributed by atoms with E-state index in [0.29, 0.717) is 12.6 Å². The Kier molecular flexibility index (Phi) is 4.00. The Morgan fingerprint density at radius 3 is 2.94 bits per heavy atom. The largest absolute Gasteiger partial charge is 0.433 e. The van der Waals surface area contributed by atoms with Gasteiger partial charge in [0.25, 0.3) is 0 Å². The van der Waals surface area contributed by atoms with E-state index < -0.39 is 11.9 Å². The third-order valence-corrected chi connectivity index (χ3v) is 2.88. The van der Waals surface area contributed by atoms with Gasteiger partial charge < -0.3 is 10.6 Å². The lowest BCUT2D eigenvalue weighted by Gasteiger charge is -2.11. The van der Waals surface area contributed by atoms with Crippen molar-refractivity contribution in [3.8, 4) is 0 Å². The first-order valence-corrected chi connectivity index (χ1v) is 5.93. The molecule has 2 N–H and O–H groups in total. The van der Waals surface area contributed by atoms with Crippen LogP contribution in [-0.4, -0.2) is 29.1 Å². The van der Waals surface area contributed by atoms with Crippen molar-refractivity contribution in [1.29, 1.82) is 0 Å². The average molecular weight is 260 g/mol. The molecule has 2 heterocycles. The highest BCUT2D eigenvalue weighted by Gasteiger charge is 2.32. The van der Waals surface area contributed by atoms with Crippen molar-refractivity contribution in [1.82, 2.24) is 15.3 Å². The van der Waals surface area contributed by atoms with Crippen molar-refractivity contribution < 1.29 is 13.2 Å². The number of hydrogen-bond acceptors (Lipinski definition) is 4. The van der Waals surface area contributed by atoms with Crippen LogP contribution in [0.15, 0.2) is 12.3 Å². The molecule has 0 saturated carbocycles. The lowest BCUT2D eigenvalue weighted by atomic mass is 10.1. The van der Waals surface area contributed by atoms with Crippen molar-refractivity contribution in [2.24, 2.45) is 0 Å². The number of aromatic nitrogens is 2. The van der Waals surface area contributed by atoms with Gasteiger partial charge in [0.1, 0.15) is 5.69 Å². The van der Waals surface area contributed by atoms with Crippen molar-refractivity contribution in [2.75, 3.05) is 18.4 Å². The molecule has 1 aliphatic rings. The van der Waals surface area contributed by atoms with E-state index >= 15 is 0 Å². The molecule has 0 amide bonds. The quantitative estimate of drug-likeness (QED) is 0.870. The summed E-state index contributed by atoms with van der Waals surface area (Å²) >= 11 is 0. The van der Waals surface area contributed by atoms with Crippen LogP contribution in [0, 0.1) is 0 Å². The van der Waals surface area contributed by atoms with E-state index in [1.807, 2.05) is 0 Å². The second-order valence-electron chi connectivity index (χ2n) is 4.27. The van der Waals surface area contributed by atoms with Crippen molar-refractivity contribution >= 4 is 5.95 Å². The van der Waals surface area contributed by atoms with E-state index in [1.54, 1.807) is 0 Å². The van der Waals surface area contributed by atoms with Crippen LogP contribution in [0.25, 0.3) is 0 Å². The average Bonchev–Trinajstić information content (AvgIpc) is 2.81. The second kappa shape index (κ2) is 5.51. The molecule has 0 spiro atoms. The van der Waals surface area contributed by atoms with E-state index in [9.17, 15) is 13.2 Å². The standard InChI is InChI=1S/C11H15F3N4/c12-11(13,14)9-4-7-17-10(18-9)16-6-3-8-2-1-5-15-8/h4,7-8,15H,1-3,5-6H2,(H,16,17,18)/t8-/m0/s1. The van der Waals surface area contributed by atoms with Gasteiger partial charge in [-0.3, -0.25) is 0 Å². The summed E-state index contributed by atoms with van der Waals surface area (Å²) in [6.07, 6.45) is -0.173. The SMILES string of the molecule is FC(F)(F)c1ccnc(NCC[C@@H]2CCCN2)n1. The van der Waals surface area contributed by atoms with Crippen LogP contribution in [0.1, 0.15) is 25.0 Å². The first-order chi connectivity index (χ1) is 8.55. The minimum absolute atomic E-state index is 0.0304. The van der Waals surface area contributed by atoms with Gasteiger partial charge >= 0.3 is 6.18 Å². The molecule has 1 aromatic heterocycles. The van der Waals surface area contributed by atoms with Gasteiger partial charge in [-0.2, -0.15) is 13.2 Å². The molecule has 0 unspecified atom stereocenters. The summed E-state index contributed by atoms with van der Waals surface area (Å²) in [7, 11) is 0. The second-order valence-corrected chi connectivity index (χ2v) is 4.27. The third-order valence-electron chi connectivity index (χ3n) is 2.88. The van der Waals surface area contributed by atoms with Crippen LogP contribution in [0.4, 0.5) is 19.1 Å². The molecule has 0 aromatic carbocycles. The maximum absolute atomic E-state index is 12.4. The molecule has 18 heavy (non-hydrogen) atoms. The van der Waals surface area contributed by atoms with Crippen molar-refractivity contribution in [2.45, 2.75) is 31.5 Å². The maximum atomic E-state index is 12.4. The lowest BCUT2D eigenvalue weighted by molar-refractivity contribution is -0.141. The Balaban J connectivity index is 1.85. The predicted molar refractivity (Wildman–Crippen MR) is 61.2 cm³/mol. The van der Waals surface area contributed by atoms with Gasteiger partial charge in [0, 0.05) is 18.8 Å². The van der Waals surface area contributed by atoms with Crippen LogP contribution >= 0.6 is 0 Å². The third kappa shape index (κ3) is 3.56. The number of nitrogens with one attached hydrogen (secondary N) is 2. The van der Waals surface area contributed by atoms with Crippen LogP contribution in [-0.2, 0) is 6.18 Å². The molecule has 1 atom stereocenters. The van der Waals surface area contributed by atoms with Gasteiger partial charge in [-0.15, -0.1) is 0 Å². The molecule has 0 radical (unpaired) electrons. The van der Waals surface area contributed by atoms with Crippen LogP contribution in [0.3, 0.4) is 0 Å². The van der Waals surface area contributed by atoms with Crippen molar-refractivity contribution in [3.05, 3.63) is 18.0 Å². The monoisotopic (exact) mass is 260 g/mol. The molecular formula is C11H15F3N4. The van der Waals surface area contributed by atoms with Gasteiger partial charge in [0.2, 0.25) is 5.95 Å². The number of alkyl halides is 3. The van der Waals surface area contributed by atoms with E-state index in [-0.39, 0.29) is 5.95 Å². The summed E-state index contributed by atoms with van der Waals surface area (Å²) in [6.45, 7) is 1.59. The normalized spacial score (nSPS) is 20.1. The van der Waals surface area contributed by atoms with Gasteiger partial charge in [-0.05, 0) is 31.9 Å². The summed E-state index contributed by atoms with van der Waals surface area (Å²) in [5.41, 5.74) is -0.918. The lowest BCUT2D eigenvalue weighted by Crippen LogP contribution is -2.24. The predicted octanol–water partition coefficient (Wildman–Crippen LogP) is 2.05. The minimum atomic E-state index is -4.42. The fourth-order valence-electron chi connectivity index (χ4n) is 1.96. The van der Waals surface area contributed by atoms with Crippen molar-refractivity contribution in [3.63, 3.8) is 0 Å². The minimum Gasteiger partial charge on any atom is -0.354 e. The molecule has 1 aliphatic heterocycles. The molecule has 4 nitrogen and oxygen atoms in total. The van der Waals surface area contributed by atoms with Gasteiger partial charge in [0.15, 0.2) is 0 Å². The number of hydrogen-bond donors (Lipinski definition) is 2. The van der Waals surface area contributed by atoms with Crippen LogP contribution in [0.2, 0.25) is 0 Å². The number of anilines is 1. The first kappa shape index (κ1) is 13.1. The molecule has 1 fully saturated rings. The highest BCUT2D eigenvalue weighted by Crippen LogP contribution is 2.27. The number of nitrogens with zero attached hydrogens (tertiary/aromatic N) is 2. The zero-order valence-corrected chi connectivity index (χ0v) is 9.80. The van der Waals surface area contributed by atoms with Gasteiger partial charge in [-0.1, -0.05) is 0 Å². The first-order valence-electron chi connectivity index (χ1n) is 5.93. The fourth-order valence-corrected chi connectivity index (χ4v) is 1.96. The molecule has 1 aromatic rings. The van der Waals surface area contributed by atoms with E-state index in [4.69, 9.17) is 0 Å². The summed E-state index contributed by atoms with van der Waals surface area (Å²) < 4.78 is 37.2. The van der Waals surface area contributed by atoms with Gasteiger partial charge in [-0.25, -0.2) is 9.97 Å². The molecule has 7 heteroatoms. The van der Waals surface area contributed by atoms with Crippen LogP contribution < -0.4 is 10.6 Å². The molecule has 0 bridgehead atoms.